The Balaban J connectivity index is 1.76. The van der Waals surface area contributed by atoms with Gasteiger partial charge >= 0.3 is 0 Å². The van der Waals surface area contributed by atoms with Gasteiger partial charge in [-0.1, -0.05) is 17.7 Å². The minimum absolute atomic E-state index is 0.0291. The number of likely N-dealkylation sites (tertiary alicyclic amines) is 1. The Hall–Kier alpha value is -1.59. The fourth-order valence-corrected chi connectivity index (χ4v) is 2.49. The molecule has 0 unspecified atom stereocenters. The molecule has 0 spiro atoms. The van der Waals surface area contributed by atoms with Gasteiger partial charge in [0.05, 0.1) is 13.1 Å². The number of hydrogen-bond acceptors (Lipinski definition) is 3. The molecule has 2 rings (SSSR count). The lowest BCUT2D eigenvalue weighted by Crippen LogP contribution is -2.39. The molecular weight excluding hydrogens is 290 g/mol. The number of anilines is 1. The summed E-state index contributed by atoms with van der Waals surface area (Å²) >= 11 is 5.99. The van der Waals surface area contributed by atoms with Gasteiger partial charge < -0.3 is 10.6 Å². The fourth-order valence-electron chi connectivity index (χ4n) is 2.32. The lowest BCUT2D eigenvalue weighted by molar-refractivity contribution is -0.124. The molecule has 1 heterocycles. The fraction of sp³-hybridized carbons (Fsp3) is 0.467. The number of halogens is 1. The van der Waals surface area contributed by atoms with E-state index in [9.17, 15) is 9.59 Å². The normalized spacial score (nSPS) is 15.0. The molecule has 2 N–H and O–H groups in total. The van der Waals surface area contributed by atoms with Gasteiger partial charge in [-0.05, 0) is 50.6 Å². The molecule has 0 aromatic heterocycles. The molecule has 0 radical (unpaired) electrons. The summed E-state index contributed by atoms with van der Waals surface area (Å²) in [5.41, 5.74) is 1.48. The summed E-state index contributed by atoms with van der Waals surface area (Å²) in [5, 5.41) is 5.99. The average molecular weight is 310 g/mol. The molecule has 0 aliphatic carbocycles. The van der Waals surface area contributed by atoms with E-state index in [1.165, 1.54) is 0 Å². The van der Waals surface area contributed by atoms with Crippen molar-refractivity contribution in [2.24, 2.45) is 0 Å². The van der Waals surface area contributed by atoms with Gasteiger partial charge in [-0.2, -0.15) is 0 Å². The van der Waals surface area contributed by atoms with E-state index >= 15 is 0 Å². The zero-order valence-corrected chi connectivity index (χ0v) is 12.9. The van der Waals surface area contributed by atoms with Gasteiger partial charge in [0.1, 0.15) is 0 Å². The first-order valence-corrected chi connectivity index (χ1v) is 7.48. The van der Waals surface area contributed by atoms with Crippen molar-refractivity contribution < 1.29 is 9.59 Å². The number of carbonyl (C=O) groups excluding carboxylic acids is 2. The van der Waals surface area contributed by atoms with E-state index in [2.05, 4.69) is 15.5 Å². The number of amides is 2. The Morgan fingerprint density at radius 1 is 1.24 bits per heavy atom. The number of hydrogen-bond donors (Lipinski definition) is 2. The van der Waals surface area contributed by atoms with E-state index < -0.39 is 0 Å². The smallest absolute Gasteiger partial charge is 0.243 e. The van der Waals surface area contributed by atoms with Gasteiger partial charge in [-0.25, -0.2) is 0 Å². The lowest BCUT2D eigenvalue weighted by Gasteiger charge is -2.14. The van der Waals surface area contributed by atoms with Crippen molar-refractivity contribution in [2.75, 3.05) is 31.5 Å². The Morgan fingerprint density at radius 2 is 1.95 bits per heavy atom. The van der Waals surface area contributed by atoms with Crippen molar-refractivity contribution in [3.8, 4) is 0 Å². The molecule has 0 bridgehead atoms. The summed E-state index contributed by atoms with van der Waals surface area (Å²) in [6.07, 6.45) is 2.28. The zero-order chi connectivity index (χ0) is 15.2. The molecule has 0 atom stereocenters. The van der Waals surface area contributed by atoms with Gasteiger partial charge in [0.15, 0.2) is 0 Å². The van der Waals surface area contributed by atoms with Crippen LogP contribution in [0.5, 0.6) is 0 Å². The Labute approximate surface area is 129 Å². The van der Waals surface area contributed by atoms with Crippen molar-refractivity contribution in [2.45, 2.75) is 19.8 Å². The lowest BCUT2D eigenvalue weighted by atomic mass is 10.2. The van der Waals surface area contributed by atoms with Crippen LogP contribution in [0.4, 0.5) is 5.69 Å². The highest BCUT2D eigenvalue weighted by Crippen LogP contribution is 2.22. The molecule has 1 aromatic rings. The predicted molar refractivity (Wildman–Crippen MR) is 83.5 cm³/mol. The molecule has 1 aliphatic rings. The summed E-state index contributed by atoms with van der Waals surface area (Å²) in [7, 11) is 0. The van der Waals surface area contributed by atoms with Crippen molar-refractivity contribution in [3.63, 3.8) is 0 Å². The van der Waals surface area contributed by atoms with E-state index in [0.717, 1.165) is 31.5 Å². The number of nitrogens with zero attached hydrogens (tertiary/aromatic N) is 1. The summed E-state index contributed by atoms with van der Waals surface area (Å²) < 4.78 is 0. The molecule has 1 fully saturated rings. The topological polar surface area (TPSA) is 61.4 Å². The third kappa shape index (κ3) is 4.72. The molecule has 2 amide bonds. The second kappa shape index (κ2) is 7.43. The Bertz CT molecular complexity index is 528. The van der Waals surface area contributed by atoms with Crippen LogP contribution >= 0.6 is 11.6 Å². The first-order chi connectivity index (χ1) is 10.1. The quantitative estimate of drug-likeness (QED) is 0.872. The Kier molecular flexibility index (Phi) is 5.59. The van der Waals surface area contributed by atoms with E-state index in [4.69, 9.17) is 11.6 Å². The van der Waals surface area contributed by atoms with Gasteiger partial charge in [-0.3, -0.25) is 14.5 Å². The highest BCUT2D eigenvalue weighted by atomic mass is 35.5. The summed E-state index contributed by atoms with van der Waals surface area (Å²) in [5.74, 6) is -0.370. The maximum Gasteiger partial charge on any atom is 0.243 e. The van der Waals surface area contributed by atoms with Crippen molar-refractivity contribution in [1.82, 2.24) is 10.2 Å². The van der Waals surface area contributed by atoms with Crippen LogP contribution in [-0.4, -0.2) is 42.9 Å². The molecule has 6 heteroatoms. The average Bonchev–Trinajstić information content (AvgIpc) is 2.94. The number of nitrogens with one attached hydrogen (secondary N) is 2. The first kappa shape index (κ1) is 15.8. The number of carbonyl (C=O) groups is 2. The molecule has 21 heavy (non-hydrogen) atoms. The third-order valence-corrected chi connectivity index (χ3v) is 3.96. The second-order valence-electron chi connectivity index (χ2n) is 5.22. The molecule has 5 nitrogen and oxygen atoms in total. The van der Waals surface area contributed by atoms with Gasteiger partial charge in [-0.15, -0.1) is 0 Å². The van der Waals surface area contributed by atoms with Crippen LogP contribution in [0.1, 0.15) is 18.4 Å². The van der Waals surface area contributed by atoms with Crippen LogP contribution in [0.3, 0.4) is 0 Å². The maximum absolute atomic E-state index is 11.8. The summed E-state index contributed by atoms with van der Waals surface area (Å²) in [4.78, 5) is 25.6. The predicted octanol–water partition coefficient (Wildman–Crippen LogP) is 1.80. The Morgan fingerprint density at radius 3 is 2.67 bits per heavy atom. The van der Waals surface area contributed by atoms with Crippen molar-refractivity contribution in [3.05, 3.63) is 28.8 Å². The SMILES string of the molecule is Cc1c(Cl)cccc1NC(=O)CNC(=O)CN1CCCC1. The molecule has 1 aliphatic heterocycles. The molecular formula is C15H20ClN3O2. The van der Waals surface area contributed by atoms with Crippen molar-refractivity contribution in [1.29, 1.82) is 0 Å². The van der Waals surface area contributed by atoms with Gasteiger partial charge in [0, 0.05) is 10.7 Å². The first-order valence-electron chi connectivity index (χ1n) is 7.10. The van der Waals surface area contributed by atoms with Gasteiger partial charge in [0.25, 0.3) is 0 Å². The van der Waals surface area contributed by atoms with Gasteiger partial charge in [0.2, 0.25) is 11.8 Å². The van der Waals surface area contributed by atoms with Crippen LogP contribution in [0.25, 0.3) is 0 Å². The monoisotopic (exact) mass is 309 g/mol. The summed E-state index contributed by atoms with van der Waals surface area (Å²) in [6, 6.07) is 5.33. The minimum Gasteiger partial charge on any atom is -0.346 e. The highest BCUT2D eigenvalue weighted by Gasteiger charge is 2.15. The number of rotatable bonds is 5. The summed E-state index contributed by atoms with van der Waals surface area (Å²) in [6.45, 7) is 4.09. The van der Waals surface area contributed by atoms with Crippen LogP contribution < -0.4 is 10.6 Å². The van der Waals surface area contributed by atoms with Crippen LogP contribution in [-0.2, 0) is 9.59 Å². The van der Waals surface area contributed by atoms with E-state index in [0.29, 0.717) is 17.3 Å². The third-order valence-electron chi connectivity index (χ3n) is 3.55. The highest BCUT2D eigenvalue weighted by molar-refractivity contribution is 6.31. The standard InChI is InChI=1S/C15H20ClN3O2/c1-11-12(16)5-4-6-13(11)18-14(20)9-17-15(21)10-19-7-2-3-8-19/h4-6H,2-3,7-10H2,1H3,(H,17,21)(H,18,20). The molecule has 114 valence electrons. The van der Waals surface area contributed by atoms with Crippen LogP contribution in [0.15, 0.2) is 18.2 Å². The number of benzene rings is 1. The molecule has 0 saturated carbocycles. The second-order valence-corrected chi connectivity index (χ2v) is 5.63. The van der Waals surface area contributed by atoms with Crippen LogP contribution in [0.2, 0.25) is 5.02 Å². The minimum atomic E-state index is -0.255. The zero-order valence-electron chi connectivity index (χ0n) is 12.1. The van der Waals surface area contributed by atoms with Crippen molar-refractivity contribution >= 4 is 29.1 Å². The van der Waals surface area contributed by atoms with E-state index in [-0.39, 0.29) is 18.4 Å². The van der Waals surface area contributed by atoms with Crippen LogP contribution in [0, 0.1) is 6.92 Å². The molecule has 1 saturated heterocycles. The van der Waals surface area contributed by atoms with E-state index in [1.807, 2.05) is 6.92 Å². The molecule has 1 aromatic carbocycles. The largest absolute Gasteiger partial charge is 0.346 e. The van der Waals surface area contributed by atoms with E-state index in [1.54, 1.807) is 18.2 Å². The maximum atomic E-state index is 11.8.